The minimum Gasteiger partial charge on any atom is -0.493 e. The lowest BCUT2D eigenvalue weighted by Gasteiger charge is -2.12. The van der Waals surface area contributed by atoms with E-state index in [4.69, 9.17) is 4.74 Å². The summed E-state index contributed by atoms with van der Waals surface area (Å²) in [4.78, 5) is 0. The Morgan fingerprint density at radius 2 is 2.00 bits per heavy atom. The van der Waals surface area contributed by atoms with Gasteiger partial charge in [-0.2, -0.15) is 0 Å². The smallest absolute Gasteiger partial charge is 0.122 e. The van der Waals surface area contributed by atoms with Crippen molar-refractivity contribution >= 4 is 0 Å². The molecule has 1 rings (SSSR count). The Balaban J connectivity index is 2.82. The zero-order chi connectivity index (χ0) is 11.3. The Morgan fingerprint density at radius 3 is 2.60 bits per heavy atom. The lowest BCUT2D eigenvalue weighted by molar-refractivity contribution is 0.322. The van der Waals surface area contributed by atoms with Crippen LogP contribution in [0.5, 0.6) is 5.75 Å². The van der Waals surface area contributed by atoms with Crippen molar-refractivity contribution < 1.29 is 4.74 Å². The van der Waals surface area contributed by atoms with Crippen LogP contribution in [-0.4, -0.2) is 6.61 Å². The minimum atomic E-state index is 0.719. The van der Waals surface area contributed by atoms with Gasteiger partial charge >= 0.3 is 0 Å². The summed E-state index contributed by atoms with van der Waals surface area (Å²) in [5, 5.41) is 0. The fourth-order valence-corrected chi connectivity index (χ4v) is 1.66. The first-order chi connectivity index (χ1) is 7.19. The number of hydrogen-bond acceptors (Lipinski definition) is 1. The molecular weight excluding hydrogens is 184 g/mol. The fraction of sp³-hybridized carbons (Fsp3) is 0.429. The maximum absolute atomic E-state index is 5.70. The van der Waals surface area contributed by atoms with Crippen molar-refractivity contribution in [2.45, 2.75) is 33.6 Å². The summed E-state index contributed by atoms with van der Waals surface area (Å²) in [6.07, 6.45) is 3.84. The molecule has 0 aliphatic heterocycles. The SMILES string of the molecule is C=CCCOc1cc(CC)c(C)cc1C. The molecule has 0 aliphatic rings. The van der Waals surface area contributed by atoms with Crippen LogP contribution in [0.1, 0.15) is 30.0 Å². The van der Waals surface area contributed by atoms with E-state index in [1.165, 1.54) is 16.7 Å². The predicted molar refractivity (Wildman–Crippen MR) is 65.6 cm³/mol. The van der Waals surface area contributed by atoms with Gasteiger partial charge in [-0.3, -0.25) is 0 Å². The molecule has 1 heteroatoms. The van der Waals surface area contributed by atoms with Gasteiger partial charge in [0.1, 0.15) is 5.75 Å². The van der Waals surface area contributed by atoms with E-state index in [0.29, 0.717) is 0 Å². The van der Waals surface area contributed by atoms with Gasteiger partial charge in [0.15, 0.2) is 0 Å². The number of benzene rings is 1. The van der Waals surface area contributed by atoms with Gasteiger partial charge in [0.2, 0.25) is 0 Å². The van der Waals surface area contributed by atoms with Crippen molar-refractivity contribution in [3.05, 3.63) is 41.5 Å². The number of aryl methyl sites for hydroxylation is 3. The third kappa shape index (κ3) is 3.12. The van der Waals surface area contributed by atoms with Gasteiger partial charge in [0.05, 0.1) is 6.61 Å². The zero-order valence-corrected chi connectivity index (χ0v) is 9.97. The van der Waals surface area contributed by atoms with E-state index in [1.54, 1.807) is 0 Å². The van der Waals surface area contributed by atoms with Gasteiger partial charge in [-0.15, -0.1) is 6.58 Å². The van der Waals surface area contributed by atoms with Crippen molar-refractivity contribution in [1.82, 2.24) is 0 Å². The lowest BCUT2D eigenvalue weighted by atomic mass is 10.0. The molecule has 0 heterocycles. The predicted octanol–water partition coefficient (Wildman–Crippen LogP) is 3.82. The topological polar surface area (TPSA) is 9.23 Å². The molecule has 1 aromatic carbocycles. The summed E-state index contributed by atoms with van der Waals surface area (Å²) in [6.45, 7) is 10.8. The van der Waals surface area contributed by atoms with E-state index in [2.05, 4.69) is 39.5 Å². The monoisotopic (exact) mass is 204 g/mol. The van der Waals surface area contributed by atoms with E-state index in [9.17, 15) is 0 Å². The van der Waals surface area contributed by atoms with E-state index in [1.807, 2.05) is 6.08 Å². The van der Waals surface area contributed by atoms with Crippen LogP contribution in [0.3, 0.4) is 0 Å². The van der Waals surface area contributed by atoms with Gasteiger partial charge in [-0.25, -0.2) is 0 Å². The molecule has 82 valence electrons. The number of rotatable bonds is 5. The summed E-state index contributed by atoms with van der Waals surface area (Å²) in [7, 11) is 0. The minimum absolute atomic E-state index is 0.719. The maximum Gasteiger partial charge on any atom is 0.122 e. The number of ether oxygens (including phenoxy) is 1. The number of hydrogen-bond donors (Lipinski definition) is 0. The highest BCUT2D eigenvalue weighted by Crippen LogP contribution is 2.23. The average molecular weight is 204 g/mol. The Morgan fingerprint density at radius 1 is 1.27 bits per heavy atom. The highest BCUT2D eigenvalue weighted by atomic mass is 16.5. The van der Waals surface area contributed by atoms with Crippen LogP contribution in [0.25, 0.3) is 0 Å². The van der Waals surface area contributed by atoms with Crippen LogP contribution in [0.15, 0.2) is 24.8 Å². The second-order valence-electron chi connectivity index (χ2n) is 3.82. The summed E-state index contributed by atoms with van der Waals surface area (Å²) < 4.78 is 5.70. The van der Waals surface area contributed by atoms with Crippen LogP contribution in [-0.2, 0) is 6.42 Å². The molecule has 0 unspecified atom stereocenters. The van der Waals surface area contributed by atoms with E-state index < -0.39 is 0 Å². The molecule has 1 nitrogen and oxygen atoms in total. The van der Waals surface area contributed by atoms with Crippen LogP contribution in [0, 0.1) is 13.8 Å². The van der Waals surface area contributed by atoms with Crippen molar-refractivity contribution in [3.63, 3.8) is 0 Å². The first-order valence-corrected chi connectivity index (χ1v) is 5.52. The second kappa shape index (κ2) is 5.59. The van der Waals surface area contributed by atoms with Crippen molar-refractivity contribution in [2.75, 3.05) is 6.61 Å². The second-order valence-corrected chi connectivity index (χ2v) is 3.82. The van der Waals surface area contributed by atoms with Crippen molar-refractivity contribution in [3.8, 4) is 5.75 Å². The third-order valence-electron chi connectivity index (χ3n) is 2.59. The molecule has 1 aromatic rings. The molecule has 0 atom stereocenters. The standard InChI is InChI=1S/C14H20O/c1-5-7-8-15-14-10-13(6-2)11(3)9-12(14)4/h5,9-10H,1,6-8H2,2-4H3. The molecule has 15 heavy (non-hydrogen) atoms. The highest BCUT2D eigenvalue weighted by molar-refractivity contribution is 5.41. The third-order valence-corrected chi connectivity index (χ3v) is 2.59. The van der Waals surface area contributed by atoms with E-state index in [-0.39, 0.29) is 0 Å². The van der Waals surface area contributed by atoms with Gasteiger partial charge in [-0.05, 0) is 49.4 Å². The van der Waals surface area contributed by atoms with Crippen LogP contribution in [0.2, 0.25) is 0 Å². The van der Waals surface area contributed by atoms with Gasteiger partial charge in [-0.1, -0.05) is 19.1 Å². The average Bonchev–Trinajstić information content (AvgIpc) is 2.21. The van der Waals surface area contributed by atoms with Crippen molar-refractivity contribution in [2.24, 2.45) is 0 Å². The molecule has 0 aliphatic carbocycles. The largest absolute Gasteiger partial charge is 0.493 e. The Labute approximate surface area is 92.8 Å². The molecule has 0 spiro atoms. The molecule has 0 saturated heterocycles. The summed E-state index contributed by atoms with van der Waals surface area (Å²) in [6, 6.07) is 4.36. The van der Waals surface area contributed by atoms with Gasteiger partial charge in [0.25, 0.3) is 0 Å². The van der Waals surface area contributed by atoms with E-state index in [0.717, 1.165) is 25.2 Å². The molecule has 0 saturated carbocycles. The fourth-order valence-electron chi connectivity index (χ4n) is 1.66. The Bertz CT molecular complexity index is 339. The molecule has 0 amide bonds. The first kappa shape index (κ1) is 11.8. The van der Waals surface area contributed by atoms with Crippen molar-refractivity contribution in [1.29, 1.82) is 0 Å². The summed E-state index contributed by atoms with van der Waals surface area (Å²) in [5.41, 5.74) is 3.94. The molecule has 0 aromatic heterocycles. The first-order valence-electron chi connectivity index (χ1n) is 5.52. The molecule has 0 fully saturated rings. The van der Waals surface area contributed by atoms with Gasteiger partial charge in [0, 0.05) is 0 Å². The lowest BCUT2D eigenvalue weighted by Crippen LogP contribution is -1.99. The maximum atomic E-state index is 5.70. The van der Waals surface area contributed by atoms with Crippen LogP contribution in [0.4, 0.5) is 0 Å². The highest BCUT2D eigenvalue weighted by Gasteiger charge is 2.03. The summed E-state index contributed by atoms with van der Waals surface area (Å²) >= 11 is 0. The molecule has 0 N–H and O–H groups in total. The van der Waals surface area contributed by atoms with Gasteiger partial charge < -0.3 is 4.74 Å². The molecular formula is C14H20O. The zero-order valence-electron chi connectivity index (χ0n) is 9.97. The molecule has 0 bridgehead atoms. The summed E-state index contributed by atoms with van der Waals surface area (Å²) in [5.74, 6) is 1.01. The normalized spacial score (nSPS) is 10.1. The molecule has 0 radical (unpaired) electrons. The Hall–Kier alpha value is -1.24. The van der Waals surface area contributed by atoms with Crippen LogP contribution >= 0.6 is 0 Å². The van der Waals surface area contributed by atoms with E-state index >= 15 is 0 Å². The quantitative estimate of drug-likeness (QED) is 0.523. The van der Waals surface area contributed by atoms with Crippen LogP contribution < -0.4 is 4.74 Å². The Kier molecular flexibility index (Phi) is 4.41.